The van der Waals surface area contributed by atoms with Crippen LogP contribution in [0.15, 0.2) is 52.3 Å². The number of fused-ring (bicyclic) bond motifs is 1. The number of halogens is 1. The Bertz CT molecular complexity index is 1110. The Kier molecular flexibility index (Phi) is 4.70. The summed E-state index contributed by atoms with van der Waals surface area (Å²) in [7, 11) is -7.51. The van der Waals surface area contributed by atoms with Gasteiger partial charge in [-0.2, -0.15) is 4.72 Å². The Morgan fingerprint density at radius 1 is 1.19 bits per heavy atom. The first-order valence-corrected chi connectivity index (χ1v) is 11.1. The molecule has 0 fully saturated rings. The van der Waals surface area contributed by atoms with Crippen LogP contribution in [0.25, 0.3) is 0 Å². The van der Waals surface area contributed by atoms with Gasteiger partial charge in [-0.1, -0.05) is 29.8 Å². The lowest BCUT2D eigenvalue weighted by atomic mass is 9.95. The molecule has 2 aromatic rings. The summed E-state index contributed by atoms with van der Waals surface area (Å²) in [5, 5.41) is 10.3. The molecule has 0 bridgehead atoms. The van der Waals surface area contributed by atoms with Crippen LogP contribution >= 0.6 is 11.6 Å². The quantitative estimate of drug-likeness (QED) is 0.730. The molecule has 0 aromatic heterocycles. The van der Waals surface area contributed by atoms with Gasteiger partial charge in [0.2, 0.25) is 10.0 Å². The van der Waals surface area contributed by atoms with Gasteiger partial charge in [-0.25, -0.2) is 16.8 Å². The lowest BCUT2D eigenvalue weighted by Gasteiger charge is -2.30. The molecule has 2 atom stereocenters. The highest BCUT2D eigenvalue weighted by Gasteiger charge is 2.40. The van der Waals surface area contributed by atoms with Crippen LogP contribution in [-0.4, -0.2) is 40.0 Å². The average molecular weight is 416 g/mol. The van der Waals surface area contributed by atoms with Gasteiger partial charge in [-0.15, -0.1) is 0 Å². The molecule has 1 aliphatic heterocycles. The van der Waals surface area contributed by atoms with E-state index in [9.17, 15) is 26.7 Å². The van der Waals surface area contributed by atoms with E-state index in [2.05, 4.69) is 4.72 Å². The summed E-state index contributed by atoms with van der Waals surface area (Å²) in [5.41, 5.74) is 0.0127. The van der Waals surface area contributed by atoms with Gasteiger partial charge in [-0.05, 0) is 24.3 Å². The molecular weight excluding hydrogens is 402 g/mol. The van der Waals surface area contributed by atoms with Gasteiger partial charge >= 0.3 is 0 Å². The largest absolute Gasteiger partial charge is 0.386 e. The first-order valence-electron chi connectivity index (χ1n) is 7.35. The van der Waals surface area contributed by atoms with Crippen molar-refractivity contribution in [3.05, 3.63) is 58.6 Å². The Morgan fingerprint density at radius 2 is 1.85 bits per heavy atom. The number of benzene rings is 2. The highest BCUT2D eigenvalue weighted by atomic mass is 35.5. The maximum absolute atomic E-state index is 12.8. The zero-order chi connectivity index (χ0) is 19.3. The van der Waals surface area contributed by atoms with Gasteiger partial charge in [-0.3, -0.25) is 4.79 Å². The number of carbonyl (C=O) groups excluding carboxylic acids is 1. The van der Waals surface area contributed by atoms with Gasteiger partial charge in [0.25, 0.3) is 0 Å². The minimum absolute atomic E-state index is 0.0748. The van der Waals surface area contributed by atoms with Crippen molar-refractivity contribution in [2.75, 3.05) is 6.26 Å². The van der Waals surface area contributed by atoms with Crippen LogP contribution in [0.5, 0.6) is 0 Å². The number of Topliss-reactive ketones (excluding diaryl/α,β-unsaturated/α-hetero) is 1. The first-order chi connectivity index (χ1) is 12.0. The standard InChI is InChI=1S/C16H14ClNO6S2/c1-25(21,22)9-6-7-10(12(17)8-9)15(19)14-16(20)11-4-2-3-5-13(11)26(23,24)18-14/h2-8,14,16,18,20H,1H3. The number of sulfonamides is 1. The monoisotopic (exact) mass is 415 g/mol. The van der Waals surface area contributed by atoms with E-state index in [4.69, 9.17) is 11.6 Å². The second-order valence-electron chi connectivity index (χ2n) is 5.86. The predicted molar refractivity (Wildman–Crippen MR) is 94.4 cm³/mol. The van der Waals surface area contributed by atoms with E-state index in [-0.39, 0.29) is 25.9 Å². The third-order valence-corrected chi connectivity index (χ3v) is 6.98. The van der Waals surface area contributed by atoms with Crippen molar-refractivity contribution in [3.8, 4) is 0 Å². The van der Waals surface area contributed by atoms with E-state index < -0.39 is 37.8 Å². The molecule has 26 heavy (non-hydrogen) atoms. The minimum Gasteiger partial charge on any atom is -0.386 e. The van der Waals surface area contributed by atoms with E-state index in [0.29, 0.717) is 0 Å². The number of ketones is 1. The SMILES string of the molecule is CS(=O)(=O)c1ccc(C(=O)C2NS(=O)(=O)c3ccccc3C2O)c(Cl)c1. The summed E-state index contributed by atoms with van der Waals surface area (Å²) in [6, 6.07) is 7.85. The first kappa shape index (κ1) is 19.0. The smallest absolute Gasteiger partial charge is 0.241 e. The van der Waals surface area contributed by atoms with Crippen LogP contribution in [0, 0.1) is 0 Å². The van der Waals surface area contributed by atoms with Crippen molar-refractivity contribution in [2.24, 2.45) is 0 Å². The van der Waals surface area contributed by atoms with Crippen LogP contribution in [0.3, 0.4) is 0 Å². The zero-order valence-electron chi connectivity index (χ0n) is 13.4. The number of aliphatic hydroxyl groups excluding tert-OH is 1. The van der Waals surface area contributed by atoms with Gasteiger partial charge in [0.1, 0.15) is 12.1 Å². The molecule has 2 unspecified atom stereocenters. The van der Waals surface area contributed by atoms with Gasteiger partial charge in [0, 0.05) is 17.4 Å². The van der Waals surface area contributed by atoms with Crippen molar-refractivity contribution in [2.45, 2.75) is 21.9 Å². The Labute approximate surface area is 155 Å². The fraction of sp³-hybridized carbons (Fsp3) is 0.188. The molecule has 1 aliphatic rings. The van der Waals surface area contributed by atoms with Crippen molar-refractivity contribution in [1.82, 2.24) is 4.72 Å². The number of hydrogen-bond acceptors (Lipinski definition) is 6. The van der Waals surface area contributed by atoms with Crippen LogP contribution in [-0.2, 0) is 19.9 Å². The molecular formula is C16H14ClNO6S2. The molecule has 10 heteroatoms. The number of carbonyl (C=O) groups is 1. The summed E-state index contributed by atoms with van der Waals surface area (Å²) >= 11 is 6.02. The molecule has 138 valence electrons. The summed E-state index contributed by atoms with van der Waals surface area (Å²) in [5.74, 6) is -0.763. The second-order valence-corrected chi connectivity index (χ2v) is 9.97. The minimum atomic E-state index is -3.99. The third-order valence-electron chi connectivity index (χ3n) is 4.04. The van der Waals surface area contributed by atoms with Gasteiger partial charge in [0.15, 0.2) is 15.6 Å². The molecule has 0 saturated carbocycles. The van der Waals surface area contributed by atoms with Gasteiger partial charge < -0.3 is 5.11 Å². The topological polar surface area (TPSA) is 118 Å². The molecule has 0 radical (unpaired) electrons. The lowest BCUT2D eigenvalue weighted by Crippen LogP contribution is -2.48. The van der Waals surface area contributed by atoms with Crippen molar-refractivity contribution in [1.29, 1.82) is 0 Å². The third kappa shape index (κ3) is 3.28. The van der Waals surface area contributed by atoms with Crippen LogP contribution < -0.4 is 4.72 Å². The molecule has 7 nitrogen and oxygen atoms in total. The summed E-state index contributed by atoms with van der Waals surface area (Å²) in [6.45, 7) is 0. The van der Waals surface area contributed by atoms with E-state index in [1.165, 1.54) is 30.3 Å². The number of hydrogen-bond donors (Lipinski definition) is 2. The molecule has 1 heterocycles. The Morgan fingerprint density at radius 3 is 2.46 bits per heavy atom. The predicted octanol–water partition coefficient (Wildman–Crippen LogP) is 1.32. The molecule has 2 aromatic carbocycles. The highest BCUT2D eigenvalue weighted by molar-refractivity contribution is 7.90. The summed E-state index contributed by atoms with van der Waals surface area (Å²) in [6.07, 6.45) is -0.413. The molecule has 0 aliphatic carbocycles. The molecule has 2 N–H and O–H groups in total. The van der Waals surface area contributed by atoms with E-state index in [0.717, 1.165) is 12.3 Å². The number of nitrogens with one attached hydrogen (secondary N) is 1. The Hall–Kier alpha value is -1.78. The van der Waals surface area contributed by atoms with Gasteiger partial charge in [0.05, 0.1) is 14.8 Å². The maximum atomic E-state index is 12.8. The Balaban J connectivity index is 2.04. The molecule has 0 saturated heterocycles. The van der Waals surface area contributed by atoms with Crippen LogP contribution in [0.1, 0.15) is 22.0 Å². The van der Waals surface area contributed by atoms with Crippen molar-refractivity contribution >= 4 is 37.2 Å². The van der Waals surface area contributed by atoms with Crippen molar-refractivity contribution < 1.29 is 26.7 Å². The summed E-state index contributed by atoms with van der Waals surface area (Å²) in [4.78, 5) is 12.6. The lowest BCUT2D eigenvalue weighted by molar-refractivity contribution is 0.0778. The fourth-order valence-corrected chi connectivity index (χ4v) is 5.17. The average Bonchev–Trinajstić information content (AvgIpc) is 2.57. The van der Waals surface area contributed by atoms with E-state index >= 15 is 0 Å². The highest BCUT2D eigenvalue weighted by Crippen LogP contribution is 2.33. The maximum Gasteiger partial charge on any atom is 0.241 e. The molecule has 3 rings (SSSR count). The van der Waals surface area contributed by atoms with Crippen LogP contribution in [0.4, 0.5) is 0 Å². The number of sulfone groups is 1. The van der Waals surface area contributed by atoms with E-state index in [1.54, 1.807) is 6.07 Å². The molecule has 0 amide bonds. The normalized spacial score (nSPS) is 21.8. The molecule has 0 spiro atoms. The second kappa shape index (κ2) is 6.43. The number of rotatable bonds is 3. The van der Waals surface area contributed by atoms with E-state index in [1.807, 2.05) is 0 Å². The fourth-order valence-electron chi connectivity index (χ4n) is 2.73. The zero-order valence-corrected chi connectivity index (χ0v) is 15.8. The van der Waals surface area contributed by atoms with Crippen molar-refractivity contribution in [3.63, 3.8) is 0 Å². The number of aliphatic hydroxyl groups is 1. The summed E-state index contributed by atoms with van der Waals surface area (Å²) < 4.78 is 50.0. The van der Waals surface area contributed by atoms with Crippen LogP contribution in [0.2, 0.25) is 5.02 Å².